The monoisotopic (exact) mass is 630 g/mol. The molecule has 0 aromatic heterocycles. The molecule has 1 radical (unpaired) electrons. The van der Waals surface area contributed by atoms with Crippen molar-refractivity contribution < 1.29 is 14.4 Å². The summed E-state index contributed by atoms with van der Waals surface area (Å²) in [5.74, 6) is 0.541. The van der Waals surface area contributed by atoms with Gasteiger partial charge in [0.2, 0.25) is 0 Å². The Balaban J connectivity index is 3.95. The predicted octanol–water partition coefficient (Wildman–Crippen LogP) is 9.42. The van der Waals surface area contributed by atoms with Crippen molar-refractivity contribution in [1.29, 1.82) is 0 Å². The molecule has 1 heterocycles. The Morgan fingerprint density at radius 1 is 0.800 bits per heavy atom. The smallest absolute Gasteiger partial charge is 0.296 e. The van der Waals surface area contributed by atoms with Crippen LogP contribution in [0.15, 0.2) is 0 Å². The van der Waals surface area contributed by atoms with Gasteiger partial charge in [0.25, 0.3) is 7.41 Å². The molecule has 1 fully saturated rings. The second kappa shape index (κ2) is 15.0. The molecular formula is C39H74BN2O3. The third-order valence-electron chi connectivity index (χ3n) is 12.6. The Labute approximate surface area is 280 Å². The average molecular weight is 630 g/mol. The van der Waals surface area contributed by atoms with Crippen LogP contribution in [0.2, 0.25) is 0 Å². The van der Waals surface area contributed by atoms with Crippen molar-refractivity contribution >= 4 is 24.7 Å². The van der Waals surface area contributed by atoms with Gasteiger partial charge in [-0.25, -0.2) is 0 Å². The minimum Gasteiger partial charge on any atom is -0.342 e. The quantitative estimate of drug-likeness (QED) is 0.183. The first-order valence-electron chi connectivity index (χ1n) is 18.3. The molecule has 45 heavy (non-hydrogen) atoms. The number of nitrogens with one attached hydrogen (secondary N) is 1. The fourth-order valence-corrected chi connectivity index (χ4v) is 9.70. The van der Waals surface area contributed by atoms with Crippen molar-refractivity contribution in [2.75, 3.05) is 6.54 Å². The van der Waals surface area contributed by atoms with Crippen LogP contribution in [0.25, 0.3) is 0 Å². The van der Waals surface area contributed by atoms with Gasteiger partial charge in [-0.15, -0.1) is 0 Å². The van der Waals surface area contributed by atoms with Crippen LogP contribution in [0.4, 0.5) is 0 Å². The summed E-state index contributed by atoms with van der Waals surface area (Å²) >= 11 is 0. The number of nitrogens with zero attached hydrogens (tertiary/aromatic N) is 1. The zero-order chi connectivity index (χ0) is 35.4. The molecule has 0 bridgehead atoms. The van der Waals surface area contributed by atoms with Crippen molar-refractivity contribution in [3.05, 3.63) is 0 Å². The molecule has 1 aliphatic heterocycles. The lowest BCUT2D eigenvalue weighted by molar-refractivity contribution is -0.152. The van der Waals surface area contributed by atoms with Crippen LogP contribution in [-0.4, -0.2) is 52.7 Å². The van der Waals surface area contributed by atoms with Gasteiger partial charge in [-0.05, 0) is 102 Å². The Morgan fingerprint density at radius 3 is 1.71 bits per heavy atom. The molecule has 261 valence electrons. The van der Waals surface area contributed by atoms with Crippen LogP contribution < -0.4 is 5.23 Å². The third kappa shape index (κ3) is 8.92. The topological polar surface area (TPSA) is 66.5 Å². The highest BCUT2D eigenvalue weighted by Crippen LogP contribution is 2.55. The Morgan fingerprint density at radius 2 is 1.31 bits per heavy atom. The largest absolute Gasteiger partial charge is 0.342 e. The molecule has 3 atom stereocenters. The molecule has 1 N–H and O–H groups in total. The van der Waals surface area contributed by atoms with E-state index in [9.17, 15) is 14.4 Å². The molecule has 0 spiro atoms. The van der Waals surface area contributed by atoms with E-state index in [0.29, 0.717) is 18.6 Å². The van der Waals surface area contributed by atoms with Crippen molar-refractivity contribution in [2.24, 2.45) is 33.5 Å². The molecule has 6 heteroatoms. The second-order valence-corrected chi connectivity index (χ2v) is 18.1. The maximum Gasteiger partial charge on any atom is 0.296 e. The minimum atomic E-state index is -0.769. The van der Waals surface area contributed by atoms with Gasteiger partial charge in [-0.3, -0.25) is 14.5 Å². The Bertz CT molecular complexity index is 1020. The first-order valence-corrected chi connectivity index (χ1v) is 18.3. The van der Waals surface area contributed by atoms with E-state index in [1.807, 2.05) is 13.8 Å². The molecule has 0 aromatic rings. The van der Waals surface area contributed by atoms with Gasteiger partial charge in [0.1, 0.15) is 17.2 Å². The van der Waals surface area contributed by atoms with Crippen LogP contribution in [-0.2, 0) is 14.4 Å². The van der Waals surface area contributed by atoms with Gasteiger partial charge in [0.15, 0.2) is 0 Å². The third-order valence-corrected chi connectivity index (χ3v) is 12.6. The van der Waals surface area contributed by atoms with Crippen LogP contribution >= 0.6 is 0 Å². The molecule has 0 aliphatic carbocycles. The highest BCUT2D eigenvalue weighted by Gasteiger charge is 2.58. The summed E-state index contributed by atoms with van der Waals surface area (Å²) in [6.45, 7) is 38.3. The van der Waals surface area contributed by atoms with Crippen LogP contribution in [0.3, 0.4) is 0 Å². The van der Waals surface area contributed by atoms with Crippen molar-refractivity contribution in [2.45, 2.75) is 192 Å². The zero-order valence-corrected chi connectivity index (χ0v) is 33.0. The van der Waals surface area contributed by atoms with Gasteiger partial charge >= 0.3 is 0 Å². The van der Waals surface area contributed by atoms with Crippen molar-refractivity contribution in [3.8, 4) is 0 Å². The predicted molar refractivity (Wildman–Crippen MR) is 194 cm³/mol. The summed E-state index contributed by atoms with van der Waals surface area (Å²) in [7, 11) is 1.62. The van der Waals surface area contributed by atoms with Crippen LogP contribution in [0.1, 0.15) is 175 Å². The molecule has 0 aromatic carbocycles. The lowest BCUT2D eigenvalue weighted by atomic mass is 9.53. The van der Waals surface area contributed by atoms with Crippen LogP contribution in [0.5, 0.6) is 0 Å². The van der Waals surface area contributed by atoms with E-state index >= 15 is 0 Å². The summed E-state index contributed by atoms with van der Waals surface area (Å²) in [6.07, 6.45) is 7.48. The summed E-state index contributed by atoms with van der Waals surface area (Å²) in [6, 6.07) is 0. The lowest BCUT2D eigenvalue weighted by Gasteiger charge is -2.63. The van der Waals surface area contributed by atoms with E-state index in [0.717, 1.165) is 51.5 Å². The minimum absolute atomic E-state index is 0.0136. The zero-order valence-electron chi connectivity index (χ0n) is 33.0. The van der Waals surface area contributed by atoms with Gasteiger partial charge in [0.05, 0.1) is 5.54 Å². The van der Waals surface area contributed by atoms with Crippen LogP contribution in [0, 0.1) is 33.5 Å². The van der Waals surface area contributed by atoms with Gasteiger partial charge in [0, 0.05) is 34.9 Å². The Hall–Kier alpha value is -1.01. The van der Waals surface area contributed by atoms with Gasteiger partial charge < -0.3 is 10.0 Å². The summed E-state index contributed by atoms with van der Waals surface area (Å²) in [5, 5.41) is 3.27. The highest BCUT2D eigenvalue weighted by molar-refractivity contribution is 6.73. The maximum absolute atomic E-state index is 14.5. The van der Waals surface area contributed by atoms with Gasteiger partial charge in [-0.2, -0.15) is 0 Å². The second-order valence-electron chi connectivity index (χ2n) is 18.1. The number of carbonyl (C=O) groups is 3. The number of ketones is 2. The standard InChI is InChI=1S/C39H74BN2O3/c1-18-29(19-2)31(44)30-24-33(8,9)25-34(10,11)27-42(36(14,15)26-35(30,12)13)39(22-5,23-6)37(16,20-3)32(45)40-41-38(17,21-4)28(7)43/h29-30,41H,18-27H2,1-17H3. The molecule has 0 saturated carbocycles. The average Bonchev–Trinajstić information content (AvgIpc) is 2.93. The summed E-state index contributed by atoms with van der Waals surface area (Å²) < 4.78 is 0. The first-order chi connectivity index (χ1) is 20.3. The number of Topliss-reactive ketones (excluding diaryl/α,β-unsaturated/α-hetero) is 2. The normalized spacial score (nSPS) is 24.7. The molecule has 1 saturated heterocycles. The SMILES string of the molecule is CCC(CC)C(=O)C1CC(C)(C)CC(C)(C)CN(C(CC)(CC)C(C)(CC)C(=O)[B]NC(C)(CC)C(C)=O)C(C)(C)CC1(C)C. The molecule has 0 amide bonds. The Kier molecular flexibility index (Phi) is 14.0. The molecule has 1 rings (SSSR count). The summed E-state index contributed by atoms with van der Waals surface area (Å²) in [5.41, 5.74) is -2.42. The number of hydrogen-bond acceptors (Lipinski definition) is 5. The van der Waals surface area contributed by atoms with E-state index in [1.54, 1.807) is 14.3 Å². The number of hydrogen-bond donors (Lipinski definition) is 1. The summed E-state index contributed by atoms with van der Waals surface area (Å²) in [4.78, 5) is 44.1. The van der Waals surface area contributed by atoms with E-state index in [2.05, 4.69) is 107 Å². The first kappa shape index (κ1) is 42.0. The number of rotatable bonds is 15. The molecule has 5 nitrogen and oxygen atoms in total. The molecule has 3 unspecified atom stereocenters. The van der Waals surface area contributed by atoms with E-state index in [4.69, 9.17) is 0 Å². The van der Waals surface area contributed by atoms with E-state index in [1.165, 1.54) is 0 Å². The van der Waals surface area contributed by atoms with Crippen molar-refractivity contribution in [3.63, 3.8) is 0 Å². The van der Waals surface area contributed by atoms with E-state index < -0.39 is 16.5 Å². The molecular weight excluding hydrogens is 555 g/mol. The molecule has 1 aliphatic rings. The highest BCUT2D eigenvalue weighted by atomic mass is 16.1. The van der Waals surface area contributed by atoms with Crippen molar-refractivity contribution in [1.82, 2.24) is 10.1 Å². The fraction of sp³-hybridized carbons (Fsp3) is 0.923. The maximum atomic E-state index is 14.5. The fourth-order valence-electron chi connectivity index (χ4n) is 9.70. The number of carbonyl (C=O) groups excluding carboxylic acids is 3. The van der Waals surface area contributed by atoms with E-state index in [-0.39, 0.29) is 45.1 Å². The lowest BCUT2D eigenvalue weighted by Crippen LogP contribution is -2.70. The van der Waals surface area contributed by atoms with Gasteiger partial charge in [-0.1, -0.05) is 90.0 Å².